The molecule has 19 heavy (non-hydrogen) atoms. The Balaban J connectivity index is 2.13. The first-order valence-electron chi connectivity index (χ1n) is 6.58. The highest BCUT2D eigenvalue weighted by Crippen LogP contribution is 2.33. The van der Waals surface area contributed by atoms with Crippen LogP contribution in [-0.4, -0.2) is 46.5 Å². The predicted octanol–water partition coefficient (Wildman–Crippen LogP) is 2.31. The molecule has 2 atom stereocenters. The molecule has 1 heterocycles. The van der Waals surface area contributed by atoms with Gasteiger partial charge in [-0.05, 0) is 34.1 Å². The fourth-order valence-electron chi connectivity index (χ4n) is 2.30. The van der Waals surface area contributed by atoms with Gasteiger partial charge in [0.1, 0.15) is 0 Å². The standard InChI is InChI=1S/C13H20N2O4/c1-8(2)18-12(16)14-10-5-6-11(7-10)15(14)13(17)19-9(3)4/h5-6,8-11H,7H2,1-4H3/t10-,11+. The molecule has 2 amide bonds. The Morgan fingerprint density at radius 2 is 1.32 bits per heavy atom. The lowest BCUT2D eigenvalue weighted by Crippen LogP contribution is -2.52. The summed E-state index contributed by atoms with van der Waals surface area (Å²) in [6, 6.07) is -0.230. The first-order chi connectivity index (χ1) is 8.90. The van der Waals surface area contributed by atoms with E-state index >= 15 is 0 Å². The monoisotopic (exact) mass is 268 g/mol. The fourth-order valence-corrected chi connectivity index (χ4v) is 2.30. The molecular formula is C13H20N2O4. The van der Waals surface area contributed by atoms with Crippen molar-refractivity contribution in [1.29, 1.82) is 0 Å². The molecule has 2 rings (SSSR count). The Morgan fingerprint density at radius 1 is 0.947 bits per heavy atom. The molecule has 1 aliphatic heterocycles. The smallest absolute Gasteiger partial charge is 0.429 e. The van der Waals surface area contributed by atoms with Crippen molar-refractivity contribution in [2.45, 2.75) is 58.4 Å². The van der Waals surface area contributed by atoms with Gasteiger partial charge in [0.05, 0.1) is 24.3 Å². The van der Waals surface area contributed by atoms with Crippen LogP contribution in [0, 0.1) is 0 Å². The lowest BCUT2D eigenvalue weighted by Gasteiger charge is -2.34. The summed E-state index contributed by atoms with van der Waals surface area (Å²) in [6.07, 6.45) is 3.09. The second kappa shape index (κ2) is 5.11. The summed E-state index contributed by atoms with van der Waals surface area (Å²) in [6.45, 7) is 7.11. The molecule has 6 heteroatoms. The molecule has 0 spiro atoms. The lowest BCUT2D eigenvalue weighted by molar-refractivity contribution is -0.0296. The van der Waals surface area contributed by atoms with Crippen molar-refractivity contribution in [3.63, 3.8) is 0 Å². The Hall–Kier alpha value is -1.72. The maximum Gasteiger partial charge on any atom is 0.429 e. The fraction of sp³-hybridized carbons (Fsp3) is 0.692. The van der Waals surface area contributed by atoms with Crippen molar-refractivity contribution >= 4 is 12.2 Å². The van der Waals surface area contributed by atoms with Gasteiger partial charge in [-0.25, -0.2) is 19.6 Å². The maximum absolute atomic E-state index is 12.1. The molecule has 0 aromatic heterocycles. The minimum Gasteiger partial charge on any atom is -0.445 e. The topological polar surface area (TPSA) is 59.1 Å². The van der Waals surface area contributed by atoms with Crippen LogP contribution >= 0.6 is 0 Å². The summed E-state index contributed by atoms with van der Waals surface area (Å²) in [5.41, 5.74) is 0. The normalized spacial score (nSPS) is 24.5. The highest BCUT2D eigenvalue weighted by Gasteiger charge is 2.48. The van der Waals surface area contributed by atoms with Crippen LogP contribution < -0.4 is 0 Å². The number of amides is 2. The number of nitrogens with zero attached hydrogens (tertiary/aromatic N) is 2. The summed E-state index contributed by atoms with van der Waals surface area (Å²) >= 11 is 0. The molecule has 106 valence electrons. The molecule has 2 aliphatic rings. The largest absolute Gasteiger partial charge is 0.445 e. The Morgan fingerprint density at radius 3 is 1.63 bits per heavy atom. The van der Waals surface area contributed by atoms with E-state index in [-0.39, 0.29) is 24.3 Å². The van der Waals surface area contributed by atoms with Crippen LogP contribution in [0.1, 0.15) is 34.1 Å². The van der Waals surface area contributed by atoms with E-state index in [0.717, 1.165) is 0 Å². The zero-order chi connectivity index (χ0) is 14.2. The first-order valence-corrected chi connectivity index (χ1v) is 6.58. The summed E-state index contributed by atoms with van der Waals surface area (Å²) in [5.74, 6) is 0. The highest BCUT2D eigenvalue weighted by atomic mass is 16.6. The minimum atomic E-state index is -0.507. The molecular weight excluding hydrogens is 248 g/mol. The summed E-state index contributed by atoms with van der Waals surface area (Å²) in [4.78, 5) is 24.1. The van der Waals surface area contributed by atoms with Gasteiger partial charge in [0.15, 0.2) is 0 Å². The number of ether oxygens (including phenoxy) is 2. The van der Waals surface area contributed by atoms with Crippen molar-refractivity contribution in [2.24, 2.45) is 0 Å². The zero-order valence-electron chi connectivity index (χ0n) is 11.7. The summed E-state index contributed by atoms with van der Waals surface area (Å²) < 4.78 is 10.4. The Bertz CT molecular complexity index is 369. The van der Waals surface area contributed by atoms with Crippen LogP contribution in [-0.2, 0) is 9.47 Å². The predicted molar refractivity (Wildman–Crippen MR) is 68.2 cm³/mol. The van der Waals surface area contributed by atoms with Crippen molar-refractivity contribution in [3.8, 4) is 0 Å². The SMILES string of the molecule is CC(C)OC(=O)N1[C@@H]2C=C[C@@H](C2)N1C(=O)OC(C)C. The molecule has 6 nitrogen and oxygen atoms in total. The number of carbonyl (C=O) groups excluding carboxylic acids is 2. The number of fused-ring (bicyclic) bond motifs is 2. The quantitative estimate of drug-likeness (QED) is 0.721. The van der Waals surface area contributed by atoms with Gasteiger partial charge in [0, 0.05) is 0 Å². The van der Waals surface area contributed by atoms with Crippen LogP contribution in [0.2, 0.25) is 0 Å². The second-order valence-corrected chi connectivity index (χ2v) is 5.31. The van der Waals surface area contributed by atoms with Gasteiger partial charge in [-0.2, -0.15) is 0 Å². The Kier molecular flexibility index (Phi) is 3.68. The van der Waals surface area contributed by atoms with Crippen molar-refractivity contribution in [1.82, 2.24) is 10.0 Å². The van der Waals surface area contributed by atoms with E-state index in [4.69, 9.17) is 9.47 Å². The zero-order valence-corrected chi connectivity index (χ0v) is 11.7. The number of rotatable bonds is 2. The van der Waals surface area contributed by atoms with Gasteiger partial charge in [-0.3, -0.25) is 0 Å². The third-order valence-corrected chi connectivity index (χ3v) is 2.95. The van der Waals surface area contributed by atoms with E-state index in [1.54, 1.807) is 27.7 Å². The molecule has 0 N–H and O–H groups in total. The molecule has 0 aromatic carbocycles. The van der Waals surface area contributed by atoms with Crippen LogP contribution in [0.5, 0.6) is 0 Å². The van der Waals surface area contributed by atoms with Crippen LogP contribution in [0.3, 0.4) is 0 Å². The number of hydrogen-bond donors (Lipinski definition) is 0. The van der Waals surface area contributed by atoms with E-state index < -0.39 is 12.2 Å². The molecule has 2 bridgehead atoms. The van der Waals surface area contributed by atoms with Crippen molar-refractivity contribution < 1.29 is 19.1 Å². The third kappa shape index (κ3) is 2.67. The van der Waals surface area contributed by atoms with E-state index in [1.165, 1.54) is 10.0 Å². The van der Waals surface area contributed by atoms with Gasteiger partial charge in [-0.15, -0.1) is 0 Å². The molecule has 0 unspecified atom stereocenters. The van der Waals surface area contributed by atoms with Crippen LogP contribution in [0.4, 0.5) is 9.59 Å². The van der Waals surface area contributed by atoms with Crippen LogP contribution in [0.25, 0.3) is 0 Å². The number of hydrazine groups is 1. The minimum absolute atomic E-state index is 0.115. The summed E-state index contributed by atoms with van der Waals surface area (Å²) in [7, 11) is 0. The van der Waals surface area contributed by atoms with Gasteiger partial charge in [0.25, 0.3) is 0 Å². The van der Waals surface area contributed by atoms with Crippen molar-refractivity contribution in [2.75, 3.05) is 0 Å². The molecule has 0 radical (unpaired) electrons. The first kappa shape index (κ1) is 13.7. The average molecular weight is 268 g/mol. The van der Waals surface area contributed by atoms with Gasteiger partial charge >= 0.3 is 12.2 Å². The molecule has 0 aromatic rings. The van der Waals surface area contributed by atoms with Crippen LogP contribution in [0.15, 0.2) is 12.2 Å². The third-order valence-electron chi connectivity index (χ3n) is 2.95. The molecule has 1 saturated heterocycles. The number of carbonyl (C=O) groups is 2. The maximum atomic E-state index is 12.1. The van der Waals surface area contributed by atoms with Gasteiger partial charge in [-0.1, -0.05) is 12.2 Å². The molecule has 1 fully saturated rings. The highest BCUT2D eigenvalue weighted by molar-refractivity contribution is 5.77. The molecule has 1 aliphatic carbocycles. The Labute approximate surface area is 112 Å². The summed E-state index contributed by atoms with van der Waals surface area (Å²) in [5, 5.41) is 2.71. The van der Waals surface area contributed by atoms with E-state index in [1.807, 2.05) is 12.2 Å². The van der Waals surface area contributed by atoms with E-state index in [9.17, 15) is 9.59 Å². The van der Waals surface area contributed by atoms with E-state index in [2.05, 4.69) is 0 Å². The molecule has 0 saturated carbocycles. The van der Waals surface area contributed by atoms with Gasteiger partial charge < -0.3 is 9.47 Å². The average Bonchev–Trinajstić information content (AvgIpc) is 2.85. The number of hydrogen-bond acceptors (Lipinski definition) is 4. The van der Waals surface area contributed by atoms with E-state index in [0.29, 0.717) is 6.42 Å². The lowest BCUT2D eigenvalue weighted by atomic mass is 10.2. The second-order valence-electron chi connectivity index (χ2n) is 5.31. The van der Waals surface area contributed by atoms with Crippen molar-refractivity contribution in [3.05, 3.63) is 12.2 Å². The van der Waals surface area contributed by atoms with Gasteiger partial charge in [0.2, 0.25) is 0 Å².